The van der Waals surface area contributed by atoms with Crippen LogP contribution in [0, 0.1) is 5.92 Å². The average Bonchev–Trinajstić information content (AvgIpc) is 2.54. The molecule has 5 heteroatoms. The molecule has 0 radical (unpaired) electrons. The number of hydrogen-bond acceptors (Lipinski definition) is 4. The summed E-state index contributed by atoms with van der Waals surface area (Å²) in [6, 6.07) is 7.25. The van der Waals surface area contributed by atoms with Gasteiger partial charge in [0.25, 0.3) is 0 Å². The van der Waals surface area contributed by atoms with Gasteiger partial charge in [0.15, 0.2) is 6.29 Å². The number of benzene rings is 1. The van der Waals surface area contributed by atoms with Crippen LogP contribution in [0.2, 0.25) is 0 Å². The first kappa shape index (κ1) is 18.3. The molecule has 1 fully saturated rings. The molecule has 0 unspecified atom stereocenters. The summed E-state index contributed by atoms with van der Waals surface area (Å²) in [4.78, 5) is 24.8. The van der Waals surface area contributed by atoms with Crippen molar-refractivity contribution < 1.29 is 19.1 Å². The second-order valence-electron chi connectivity index (χ2n) is 7.20. The normalized spacial score (nSPS) is 15.9. The van der Waals surface area contributed by atoms with E-state index >= 15 is 0 Å². The first-order valence-electron chi connectivity index (χ1n) is 8.54. The lowest BCUT2D eigenvalue weighted by Crippen LogP contribution is -2.41. The molecule has 1 aromatic carbocycles. The number of likely N-dealkylation sites (tertiary alicyclic amines) is 1. The van der Waals surface area contributed by atoms with Gasteiger partial charge in [-0.25, -0.2) is 4.79 Å². The van der Waals surface area contributed by atoms with Gasteiger partial charge in [-0.15, -0.1) is 0 Å². The molecule has 1 aromatic rings. The van der Waals surface area contributed by atoms with E-state index in [2.05, 4.69) is 0 Å². The maximum atomic E-state index is 12.0. The average molecular weight is 333 g/mol. The van der Waals surface area contributed by atoms with Gasteiger partial charge in [0.05, 0.1) is 12.2 Å². The predicted octanol–water partition coefficient (Wildman–Crippen LogP) is 3.92. The molecule has 0 saturated carbocycles. The molecule has 0 aliphatic carbocycles. The van der Waals surface area contributed by atoms with Crippen LogP contribution in [0.3, 0.4) is 0 Å². The molecule has 1 saturated heterocycles. The number of nitrogens with zero attached hydrogens (tertiary/aromatic N) is 1. The minimum Gasteiger partial charge on any atom is -0.493 e. The second kappa shape index (κ2) is 8.18. The molecule has 0 N–H and O–H groups in total. The summed E-state index contributed by atoms with van der Waals surface area (Å²) >= 11 is 0. The second-order valence-corrected chi connectivity index (χ2v) is 7.20. The molecule has 5 nitrogen and oxygen atoms in total. The van der Waals surface area contributed by atoms with Crippen LogP contribution in [0.25, 0.3) is 0 Å². The third kappa shape index (κ3) is 5.55. The molecular formula is C19H27NO4. The van der Waals surface area contributed by atoms with Crippen molar-refractivity contribution in [3.05, 3.63) is 29.8 Å². The van der Waals surface area contributed by atoms with E-state index in [1.807, 2.05) is 39.0 Å². The van der Waals surface area contributed by atoms with E-state index in [0.29, 0.717) is 23.8 Å². The first-order valence-corrected chi connectivity index (χ1v) is 8.54. The maximum Gasteiger partial charge on any atom is 0.410 e. The van der Waals surface area contributed by atoms with Gasteiger partial charge in [-0.2, -0.15) is 0 Å². The van der Waals surface area contributed by atoms with Crippen molar-refractivity contribution in [1.29, 1.82) is 0 Å². The van der Waals surface area contributed by atoms with Crippen LogP contribution in [0.5, 0.6) is 5.75 Å². The summed E-state index contributed by atoms with van der Waals surface area (Å²) in [5.41, 5.74) is 0.130. The van der Waals surface area contributed by atoms with E-state index in [-0.39, 0.29) is 6.09 Å². The van der Waals surface area contributed by atoms with Crippen molar-refractivity contribution >= 4 is 12.4 Å². The third-order valence-corrected chi connectivity index (χ3v) is 4.10. The van der Waals surface area contributed by atoms with Gasteiger partial charge in [0.2, 0.25) is 0 Å². The van der Waals surface area contributed by atoms with Crippen molar-refractivity contribution in [2.75, 3.05) is 19.7 Å². The van der Waals surface area contributed by atoms with Gasteiger partial charge in [-0.1, -0.05) is 12.1 Å². The largest absolute Gasteiger partial charge is 0.493 e. The highest BCUT2D eigenvalue weighted by Crippen LogP contribution is 2.23. The fourth-order valence-corrected chi connectivity index (χ4v) is 2.78. The number of aldehydes is 1. The third-order valence-electron chi connectivity index (χ3n) is 4.10. The number of para-hydroxylation sites is 1. The van der Waals surface area contributed by atoms with E-state index < -0.39 is 5.60 Å². The standard InChI is InChI=1S/C19H27NO4/c1-19(2,3)24-18(22)20-11-8-15(9-12-20)10-13-23-17-7-5-4-6-16(17)14-21/h4-7,14-15H,8-13H2,1-3H3. The van der Waals surface area contributed by atoms with Gasteiger partial charge in [0, 0.05) is 13.1 Å². The van der Waals surface area contributed by atoms with Crippen LogP contribution >= 0.6 is 0 Å². The Morgan fingerprint density at radius 3 is 2.54 bits per heavy atom. The smallest absolute Gasteiger partial charge is 0.410 e. The van der Waals surface area contributed by atoms with E-state index in [9.17, 15) is 9.59 Å². The monoisotopic (exact) mass is 333 g/mol. The first-order chi connectivity index (χ1) is 11.4. The molecule has 0 spiro atoms. The quantitative estimate of drug-likeness (QED) is 0.767. The molecular weight excluding hydrogens is 306 g/mol. The number of ether oxygens (including phenoxy) is 2. The lowest BCUT2D eigenvalue weighted by molar-refractivity contribution is 0.0177. The summed E-state index contributed by atoms with van der Waals surface area (Å²) < 4.78 is 11.1. The zero-order chi connectivity index (χ0) is 17.6. The van der Waals surface area contributed by atoms with Crippen molar-refractivity contribution in [1.82, 2.24) is 4.90 Å². The molecule has 1 aliphatic rings. The van der Waals surface area contributed by atoms with Crippen LogP contribution in [0.1, 0.15) is 50.4 Å². The minimum atomic E-state index is -0.451. The molecule has 2 rings (SSSR count). The zero-order valence-corrected chi connectivity index (χ0v) is 14.8. The highest BCUT2D eigenvalue weighted by molar-refractivity contribution is 5.79. The molecule has 0 aromatic heterocycles. The Labute approximate surface area is 143 Å². The van der Waals surface area contributed by atoms with Crippen LogP contribution in [0.4, 0.5) is 4.79 Å². The van der Waals surface area contributed by atoms with Crippen molar-refractivity contribution in [2.45, 2.75) is 45.6 Å². The Kier molecular flexibility index (Phi) is 6.23. The number of carbonyl (C=O) groups excluding carboxylic acids is 2. The Morgan fingerprint density at radius 1 is 1.25 bits per heavy atom. The van der Waals surface area contributed by atoms with Crippen LogP contribution in [0.15, 0.2) is 24.3 Å². The maximum absolute atomic E-state index is 12.0. The number of amides is 1. The Morgan fingerprint density at radius 2 is 1.92 bits per heavy atom. The summed E-state index contributed by atoms with van der Waals surface area (Å²) in [5.74, 6) is 1.17. The van der Waals surface area contributed by atoms with Crippen molar-refractivity contribution in [3.63, 3.8) is 0 Å². The van der Waals surface area contributed by atoms with Gasteiger partial charge in [0.1, 0.15) is 11.4 Å². The summed E-state index contributed by atoms with van der Waals surface area (Å²) in [7, 11) is 0. The van der Waals surface area contributed by atoms with Crippen LogP contribution < -0.4 is 4.74 Å². The molecule has 0 bridgehead atoms. The fraction of sp³-hybridized carbons (Fsp3) is 0.579. The SMILES string of the molecule is CC(C)(C)OC(=O)N1CCC(CCOc2ccccc2C=O)CC1. The predicted molar refractivity (Wildman–Crippen MR) is 92.5 cm³/mol. The minimum absolute atomic E-state index is 0.225. The van der Waals surface area contributed by atoms with Crippen LogP contribution in [-0.4, -0.2) is 42.6 Å². The Hall–Kier alpha value is -2.04. The molecule has 132 valence electrons. The van der Waals surface area contributed by atoms with Gasteiger partial charge >= 0.3 is 6.09 Å². The highest BCUT2D eigenvalue weighted by atomic mass is 16.6. The van der Waals surface area contributed by atoms with E-state index in [0.717, 1.165) is 38.6 Å². The van der Waals surface area contributed by atoms with E-state index in [1.165, 1.54) is 0 Å². The van der Waals surface area contributed by atoms with Crippen LogP contribution in [-0.2, 0) is 4.74 Å². The molecule has 1 amide bonds. The fourth-order valence-electron chi connectivity index (χ4n) is 2.78. The van der Waals surface area contributed by atoms with Gasteiger partial charge in [-0.05, 0) is 58.1 Å². The zero-order valence-electron chi connectivity index (χ0n) is 14.8. The molecule has 1 aliphatic heterocycles. The lowest BCUT2D eigenvalue weighted by atomic mass is 9.94. The number of hydrogen-bond donors (Lipinski definition) is 0. The van der Waals surface area contributed by atoms with E-state index in [1.54, 1.807) is 11.0 Å². The van der Waals surface area contributed by atoms with Crippen molar-refractivity contribution in [2.24, 2.45) is 5.92 Å². The lowest BCUT2D eigenvalue weighted by Gasteiger charge is -2.33. The summed E-state index contributed by atoms with van der Waals surface area (Å²) in [6.07, 6.45) is 3.43. The number of rotatable bonds is 5. The Bertz CT molecular complexity index is 557. The summed E-state index contributed by atoms with van der Waals surface area (Å²) in [6.45, 7) is 7.68. The Balaban J connectivity index is 1.72. The molecule has 24 heavy (non-hydrogen) atoms. The highest BCUT2D eigenvalue weighted by Gasteiger charge is 2.26. The number of carbonyl (C=O) groups is 2. The van der Waals surface area contributed by atoms with E-state index in [4.69, 9.17) is 9.47 Å². The summed E-state index contributed by atoms with van der Waals surface area (Å²) in [5, 5.41) is 0. The van der Waals surface area contributed by atoms with Gasteiger partial charge < -0.3 is 14.4 Å². The number of piperidine rings is 1. The van der Waals surface area contributed by atoms with Crippen molar-refractivity contribution in [3.8, 4) is 5.75 Å². The van der Waals surface area contributed by atoms with Gasteiger partial charge in [-0.3, -0.25) is 4.79 Å². The molecule has 0 atom stereocenters. The molecule has 1 heterocycles. The topological polar surface area (TPSA) is 55.8 Å².